The zero-order valence-corrected chi connectivity index (χ0v) is 16.9. The van der Waals surface area contributed by atoms with Crippen molar-refractivity contribution in [1.82, 2.24) is 4.90 Å². The van der Waals surface area contributed by atoms with E-state index in [1.54, 1.807) is 37.3 Å². The average molecular weight is 398 g/mol. The standard InChI is InChI=1S/C21H26N4O4/c1-15(26)22-16-4-6-17(7-5-16)24-10-12-25(13-11-24)21(27)23-19-14-18(28-2)8-9-20(19)29-3/h4-9,14H,10-13H2,1-3H3,(H,22,26)(H,23,27). The fourth-order valence-corrected chi connectivity index (χ4v) is 3.23. The largest absolute Gasteiger partial charge is 0.497 e. The van der Waals surface area contributed by atoms with Crippen molar-refractivity contribution < 1.29 is 19.1 Å². The molecule has 8 nitrogen and oxygen atoms in total. The van der Waals surface area contributed by atoms with Crippen molar-refractivity contribution in [2.45, 2.75) is 6.92 Å². The normalized spacial score (nSPS) is 13.6. The number of piperazine rings is 1. The maximum Gasteiger partial charge on any atom is 0.322 e. The SMILES string of the molecule is COc1ccc(OC)c(NC(=O)N2CCN(c3ccc(NC(C)=O)cc3)CC2)c1. The Bertz CT molecular complexity index is 861. The smallest absolute Gasteiger partial charge is 0.322 e. The molecule has 1 fully saturated rings. The van der Waals surface area contributed by atoms with Gasteiger partial charge in [-0.05, 0) is 36.4 Å². The second-order valence-corrected chi connectivity index (χ2v) is 6.70. The van der Waals surface area contributed by atoms with Crippen LogP contribution in [0.3, 0.4) is 0 Å². The molecule has 29 heavy (non-hydrogen) atoms. The zero-order chi connectivity index (χ0) is 20.8. The summed E-state index contributed by atoms with van der Waals surface area (Å²) in [6.45, 7) is 4.14. The molecule has 1 aliphatic rings. The van der Waals surface area contributed by atoms with Crippen LogP contribution >= 0.6 is 0 Å². The third-order valence-electron chi connectivity index (χ3n) is 4.77. The summed E-state index contributed by atoms with van der Waals surface area (Å²) in [5, 5.41) is 5.67. The van der Waals surface area contributed by atoms with Crippen LogP contribution in [0.4, 0.5) is 21.9 Å². The number of amides is 3. The maximum absolute atomic E-state index is 12.7. The van der Waals surface area contributed by atoms with E-state index in [4.69, 9.17) is 9.47 Å². The van der Waals surface area contributed by atoms with Crippen molar-refractivity contribution in [3.05, 3.63) is 42.5 Å². The second kappa shape index (κ2) is 9.18. The minimum Gasteiger partial charge on any atom is -0.497 e. The van der Waals surface area contributed by atoms with E-state index >= 15 is 0 Å². The molecule has 0 unspecified atom stereocenters. The predicted molar refractivity (Wildman–Crippen MR) is 113 cm³/mol. The molecule has 0 bridgehead atoms. The molecule has 154 valence electrons. The molecule has 1 aliphatic heterocycles. The van der Waals surface area contributed by atoms with Gasteiger partial charge in [-0.3, -0.25) is 4.79 Å². The van der Waals surface area contributed by atoms with Gasteiger partial charge in [0.05, 0.1) is 19.9 Å². The van der Waals surface area contributed by atoms with E-state index in [0.717, 1.165) is 24.5 Å². The van der Waals surface area contributed by atoms with Gasteiger partial charge in [-0.2, -0.15) is 0 Å². The monoisotopic (exact) mass is 398 g/mol. The first-order valence-corrected chi connectivity index (χ1v) is 9.40. The van der Waals surface area contributed by atoms with Gasteiger partial charge in [0.2, 0.25) is 5.91 Å². The fraction of sp³-hybridized carbons (Fsp3) is 0.333. The predicted octanol–water partition coefficient (Wildman–Crippen LogP) is 3.02. The Morgan fingerprint density at radius 3 is 2.17 bits per heavy atom. The van der Waals surface area contributed by atoms with Crippen molar-refractivity contribution in [1.29, 1.82) is 0 Å². The van der Waals surface area contributed by atoms with Crippen LogP contribution in [0.25, 0.3) is 0 Å². The first-order valence-electron chi connectivity index (χ1n) is 9.40. The molecule has 0 saturated carbocycles. The Labute approximate surface area is 170 Å². The molecule has 2 N–H and O–H groups in total. The van der Waals surface area contributed by atoms with Crippen LogP contribution in [-0.4, -0.2) is 57.2 Å². The third-order valence-corrected chi connectivity index (χ3v) is 4.77. The summed E-state index contributed by atoms with van der Waals surface area (Å²) in [5.41, 5.74) is 2.41. The minimum atomic E-state index is -0.169. The average Bonchev–Trinajstić information content (AvgIpc) is 2.74. The number of rotatable bonds is 5. The molecule has 1 saturated heterocycles. The molecule has 0 atom stereocenters. The minimum absolute atomic E-state index is 0.0926. The number of methoxy groups -OCH3 is 2. The quantitative estimate of drug-likeness (QED) is 0.809. The van der Waals surface area contributed by atoms with Crippen molar-refractivity contribution in [2.24, 2.45) is 0 Å². The van der Waals surface area contributed by atoms with Crippen molar-refractivity contribution in [3.8, 4) is 11.5 Å². The lowest BCUT2D eigenvalue weighted by Gasteiger charge is -2.36. The molecule has 2 aromatic carbocycles. The number of nitrogens with zero attached hydrogens (tertiary/aromatic N) is 2. The highest BCUT2D eigenvalue weighted by molar-refractivity contribution is 5.91. The van der Waals surface area contributed by atoms with Gasteiger partial charge >= 0.3 is 6.03 Å². The zero-order valence-electron chi connectivity index (χ0n) is 16.9. The summed E-state index contributed by atoms with van der Waals surface area (Å²) in [5.74, 6) is 1.13. The van der Waals surface area contributed by atoms with E-state index in [9.17, 15) is 9.59 Å². The molecule has 0 radical (unpaired) electrons. The molecule has 8 heteroatoms. The van der Waals surface area contributed by atoms with Crippen molar-refractivity contribution in [2.75, 3.05) is 55.9 Å². The van der Waals surface area contributed by atoms with E-state index in [2.05, 4.69) is 15.5 Å². The summed E-state index contributed by atoms with van der Waals surface area (Å²) in [4.78, 5) is 27.8. The molecule has 3 rings (SSSR count). The molecule has 0 spiro atoms. The van der Waals surface area contributed by atoms with E-state index in [-0.39, 0.29) is 11.9 Å². The number of carbonyl (C=O) groups excluding carboxylic acids is 2. The number of hydrogen-bond donors (Lipinski definition) is 2. The van der Waals surface area contributed by atoms with Crippen molar-refractivity contribution >= 4 is 29.0 Å². The van der Waals surface area contributed by atoms with E-state index in [1.807, 2.05) is 24.3 Å². The number of anilines is 3. The van der Waals surface area contributed by atoms with Crippen LogP contribution in [-0.2, 0) is 4.79 Å². The van der Waals surface area contributed by atoms with Crippen LogP contribution in [0.1, 0.15) is 6.92 Å². The lowest BCUT2D eigenvalue weighted by molar-refractivity contribution is -0.114. The Kier molecular flexibility index (Phi) is 6.43. The maximum atomic E-state index is 12.7. The topological polar surface area (TPSA) is 83.1 Å². The van der Waals surface area contributed by atoms with Crippen LogP contribution < -0.4 is 25.0 Å². The van der Waals surface area contributed by atoms with Gasteiger partial charge in [0.15, 0.2) is 0 Å². The van der Waals surface area contributed by atoms with E-state index < -0.39 is 0 Å². The number of hydrogen-bond acceptors (Lipinski definition) is 5. The summed E-state index contributed by atoms with van der Waals surface area (Å²) in [6, 6.07) is 12.8. The van der Waals surface area contributed by atoms with Crippen LogP contribution in [0, 0.1) is 0 Å². The first kappa shape index (κ1) is 20.3. The van der Waals surface area contributed by atoms with Gasteiger partial charge in [0, 0.05) is 50.5 Å². The first-order chi connectivity index (χ1) is 14.0. The van der Waals surface area contributed by atoms with Gasteiger partial charge in [-0.1, -0.05) is 0 Å². The third kappa shape index (κ3) is 5.10. The molecule has 1 heterocycles. The van der Waals surface area contributed by atoms with Gasteiger partial charge in [0.1, 0.15) is 11.5 Å². The Balaban J connectivity index is 1.58. The number of urea groups is 1. The van der Waals surface area contributed by atoms with Gasteiger partial charge in [-0.25, -0.2) is 4.79 Å². The van der Waals surface area contributed by atoms with Gasteiger partial charge in [-0.15, -0.1) is 0 Å². The summed E-state index contributed by atoms with van der Waals surface area (Å²) in [7, 11) is 3.14. The summed E-state index contributed by atoms with van der Waals surface area (Å²) in [6.07, 6.45) is 0. The molecular formula is C21H26N4O4. The van der Waals surface area contributed by atoms with Crippen LogP contribution in [0.2, 0.25) is 0 Å². The van der Waals surface area contributed by atoms with Crippen molar-refractivity contribution in [3.63, 3.8) is 0 Å². The molecule has 0 aliphatic carbocycles. The second-order valence-electron chi connectivity index (χ2n) is 6.70. The Hall–Kier alpha value is -3.42. The molecule has 0 aromatic heterocycles. The number of ether oxygens (including phenoxy) is 2. The fourth-order valence-electron chi connectivity index (χ4n) is 3.23. The highest BCUT2D eigenvalue weighted by Gasteiger charge is 2.22. The van der Waals surface area contributed by atoms with Gasteiger partial charge < -0.3 is 29.9 Å². The number of carbonyl (C=O) groups is 2. The van der Waals surface area contributed by atoms with Gasteiger partial charge in [0.25, 0.3) is 0 Å². The molecular weight excluding hydrogens is 372 g/mol. The highest BCUT2D eigenvalue weighted by Crippen LogP contribution is 2.29. The number of nitrogens with one attached hydrogen (secondary N) is 2. The number of benzene rings is 2. The Morgan fingerprint density at radius 1 is 0.897 bits per heavy atom. The molecule has 3 amide bonds. The van der Waals surface area contributed by atoms with Crippen LogP contribution in [0.5, 0.6) is 11.5 Å². The summed E-state index contributed by atoms with van der Waals surface area (Å²) < 4.78 is 10.5. The highest BCUT2D eigenvalue weighted by atomic mass is 16.5. The summed E-state index contributed by atoms with van der Waals surface area (Å²) >= 11 is 0. The molecule has 2 aromatic rings. The van der Waals surface area contributed by atoms with E-state index in [1.165, 1.54) is 6.92 Å². The van der Waals surface area contributed by atoms with Crippen LogP contribution in [0.15, 0.2) is 42.5 Å². The lowest BCUT2D eigenvalue weighted by Crippen LogP contribution is -2.50. The van der Waals surface area contributed by atoms with E-state index in [0.29, 0.717) is 30.3 Å². The lowest BCUT2D eigenvalue weighted by atomic mass is 10.2. The Morgan fingerprint density at radius 2 is 1.59 bits per heavy atom.